The topological polar surface area (TPSA) is 52.0 Å². The van der Waals surface area contributed by atoms with Crippen LogP contribution in [0, 0.1) is 0 Å². The largest absolute Gasteiger partial charge is 0.330 e. The Balaban J connectivity index is 3.12. The van der Waals surface area contributed by atoms with Gasteiger partial charge in [-0.2, -0.15) is 0 Å². The lowest BCUT2D eigenvalue weighted by molar-refractivity contribution is 0.577. The molecule has 0 aromatic rings. The molecule has 0 saturated heterocycles. The number of nitrogens with two attached hydrogens (primary N) is 2. The second-order valence-corrected chi connectivity index (χ2v) is 4.93. The normalized spacial score (nSPS) is 13.4. The number of rotatable bonds is 12. The van der Waals surface area contributed by atoms with Gasteiger partial charge in [0.1, 0.15) is 0 Å². The lowest BCUT2D eigenvalue weighted by atomic mass is 10.1. The number of allylic oxidation sites excluding steroid dienone is 1. The van der Waals surface area contributed by atoms with E-state index in [0.717, 1.165) is 6.42 Å². The van der Waals surface area contributed by atoms with Crippen molar-refractivity contribution in [3.8, 4) is 0 Å². The van der Waals surface area contributed by atoms with Crippen LogP contribution in [0.2, 0.25) is 0 Å². The van der Waals surface area contributed by atoms with E-state index in [2.05, 4.69) is 19.1 Å². The Bertz CT molecular complexity index is 166. The Hall–Kier alpha value is -0.340. The number of unbranched alkanes of at least 4 members (excludes halogenated alkanes) is 8. The van der Waals surface area contributed by atoms with E-state index in [1.807, 2.05) is 0 Å². The molecule has 1 unspecified atom stereocenters. The summed E-state index contributed by atoms with van der Waals surface area (Å²) >= 11 is 0. The summed E-state index contributed by atoms with van der Waals surface area (Å²) in [5, 5.41) is 0. The van der Waals surface area contributed by atoms with Crippen molar-refractivity contribution in [2.45, 2.75) is 77.2 Å². The van der Waals surface area contributed by atoms with Gasteiger partial charge in [0.25, 0.3) is 0 Å². The van der Waals surface area contributed by atoms with Gasteiger partial charge in [0, 0.05) is 6.04 Å². The molecule has 0 spiro atoms. The highest BCUT2D eigenvalue weighted by Gasteiger charge is 1.94. The van der Waals surface area contributed by atoms with E-state index in [0.29, 0.717) is 6.54 Å². The highest BCUT2D eigenvalue weighted by atomic mass is 14.6. The standard InChI is InChI=1S/C15H32N2/c1-2-3-4-5-6-7-8-9-10-11-12-15(17)13-14-16/h11-12,15H,2-10,13-14,16-17H2,1H3. The van der Waals surface area contributed by atoms with Crippen molar-refractivity contribution in [3.63, 3.8) is 0 Å². The van der Waals surface area contributed by atoms with Gasteiger partial charge in [-0.15, -0.1) is 0 Å². The molecule has 0 saturated carbocycles. The van der Waals surface area contributed by atoms with E-state index >= 15 is 0 Å². The van der Waals surface area contributed by atoms with Crippen LogP contribution in [0.1, 0.15) is 71.1 Å². The van der Waals surface area contributed by atoms with Gasteiger partial charge in [-0.05, 0) is 25.8 Å². The molecule has 0 fully saturated rings. The van der Waals surface area contributed by atoms with Crippen LogP contribution >= 0.6 is 0 Å². The van der Waals surface area contributed by atoms with Crippen molar-refractivity contribution < 1.29 is 0 Å². The van der Waals surface area contributed by atoms with Crippen LogP contribution in [-0.4, -0.2) is 12.6 Å². The Morgan fingerprint density at radius 2 is 1.53 bits per heavy atom. The molecular formula is C15H32N2. The lowest BCUT2D eigenvalue weighted by Gasteiger charge is -2.03. The summed E-state index contributed by atoms with van der Waals surface area (Å²) in [7, 11) is 0. The number of hydrogen-bond donors (Lipinski definition) is 2. The Kier molecular flexibility index (Phi) is 13.4. The Labute approximate surface area is 108 Å². The van der Waals surface area contributed by atoms with Gasteiger partial charge in [0.2, 0.25) is 0 Å². The van der Waals surface area contributed by atoms with E-state index in [4.69, 9.17) is 11.5 Å². The van der Waals surface area contributed by atoms with Crippen LogP contribution in [0.4, 0.5) is 0 Å². The van der Waals surface area contributed by atoms with Crippen LogP contribution in [-0.2, 0) is 0 Å². The molecule has 102 valence electrons. The summed E-state index contributed by atoms with van der Waals surface area (Å²) in [6.45, 7) is 2.95. The maximum atomic E-state index is 5.83. The van der Waals surface area contributed by atoms with Gasteiger partial charge >= 0.3 is 0 Å². The van der Waals surface area contributed by atoms with Crippen LogP contribution in [0.5, 0.6) is 0 Å². The molecule has 0 aliphatic rings. The minimum atomic E-state index is 0.161. The van der Waals surface area contributed by atoms with Crippen LogP contribution in [0.15, 0.2) is 12.2 Å². The van der Waals surface area contributed by atoms with Crippen molar-refractivity contribution in [3.05, 3.63) is 12.2 Å². The summed E-state index contributed by atoms with van der Waals surface area (Å²) in [5.41, 5.74) is 11.3. The molecule has 0 bridgehead atoms. The molecule has 4 N–H and O–H groups in total. The molecule has 0 aliphatic heterocycles. The van der Waals surface area contributed by atoms with Crippen LogP contribution in [0.25, 0.3) is 0 Å². The zero-order valence-electron chi connectivity index (χ0n) is 11.7. The molecule has 0 radical (unpaired) electrons. The summed E-state index contributed by atoms with van der Waals surface area (Å²) < 4.78 is 0. The zero-order chi connectivity index (χ0) is 12.8. The zero-order valence-corrected chi connectivity index (χ0v) is 11.7. The van der Waals surface area contributed by atoms with Gasteiger partial charge in [-0.25, -0.2) is 0 Å². The van der Waals surface area contributed by atoms with Gasteiger partial charge < -0.3 is 11.5 Å². The molecule has 2 nitrogen and oxygen atoms in total. The van der Waals surface area contributed by atoms with Crippen molar-refractivity contribution in [2.24, 2.45) is 11.5 Å². The first-order valence-corrected chi connectivity index (χ1v) is 7.43. The lowest BCUT2D eigenvalue weighted by Crippen LogP contribution is -2.20. The second kappa shape index (κ2) is 13.7. The van der Waals surface area contributed by atoms with Gasteiger partial charge in [-0.1, -0.05) is 64.0 Å². The van der Waals surface area contributed by atoms with E-state index in [-0.39, 0.29) is 6.04 Å². The fraction of sp³-hybridized carbons (Fsp3) is 0.867. The average Bonchev–Trinajstić information content (AvgIpc) is 2.32. The maximum absolute atomic E-state index is 5.83. The highest BCUT2D eigenvalue weighted by Crippen LogP contribution is 2.09. The minimum Gasteiger partial charge on any atom is -0.330 e. The predicted molar refractivity (Wildman–Crippen MR) is 78.0 cm³/mol. The molecule has 0 aromatic heterocycles. The maximum Gasteiger partial charge on any atom is 0.0235 e. The monoisotopic (exact) mass is 240 g/mol. The van der Waals surface area contributed by atoms with Crippen molar-refractivity contribution in [1.82, 2.24) is 0 Å². The SMILES string of the molecule is CCCCCCCCCCC=CC(N)CCN. The fourth-order valence-corrected chi connectivity index (χ4v) is 1.96. The smallest absolute Gasteiger partial charge is 0.0235 e. The highest BCUT2D eigenvalue weighted by molar-refractivity contribution is 4.91. The van der Waals surface area contributed by atoms with E-state index in [1.54, 1.807) is 0 Å². The molecule has 0 heterocycles. The molecule has 1 atom stereocenters. The number of hydrogen-bond acceptors (Lipinski definition) is 2. The minimum absolute atomic E-state index is 0.161. The quantitative estimate of drug-likeness (QED) is 0.403. The summed E-state index contributed by atoms with van der Waals surface area (Å²) in [4.78, 5) is 0. The van der Waals surface area contributed by atoms with E-state index in [9.17, 15) is 0 Å². The van der Waals surface area contributed by atoms with Crippen molar-refractivity contribution >= 4 is 0 Å². The second-order valence-electron chi connectivity index (χ2n) is 4.93. The third-order valence-corrected chi connectivity index (χ3v) is 3.11. The first-order chi connectivity index (χ1) is 8.31. The first kappa shape index (κ1) is 16.7. The van der Waals surface area contributed by atoms with Crippen LogP contribution < -0.4 is 11.5 Å². The van der Waals surface area contributed by atoms with Crippen molar-refractivity contribution in [1.29, 1.82) is 0 Å². The molecular weight excluding hydrogens is 208 g/mol. The van der Waals surface area contributed by atoms with Crippen LogP contribution in [0.3, 0.4) is 0 Å². The Morgan fingerprint density at radius 3 is 2.12 bits per heavy atom. The summed E-state index contributed by atoms with van der Waals surface area (Å²) in [6.07, 6.45) is 17.5. The van der Waals surface area contributed by atoms with Crippen molar-refractivity contribution in [2.75, 3.05) is 6.54 Å². The Morgan fingerprint density at radius 1 is 0.941 bits per heavy atom. The molecule has 2 heteroatoms. The fourth-order valence-electron chi connectivity index (χ4n) is 1.96. The molecule has 17 heavy (non-hydrogen) atoms. The van der Waals surface area contributed by atoms with Gasteiger partial charge in [0.05, 0.1) is 0 Å². The summed E-state index contributed by atoms with van der Waals surface area (Å²) in [6, 6.07) is 0.161. The molecule has 0 amide bonds. The average molecular weight is 240 g/mol. The molecule has 0 aliphatic carbocycles. The van der Waals surface area contributed by atoms with Gasteiger partial charge in [0.15, 0.2) is 0 Å². The first-order valence-electron chi connectivity index (χ1n) is 7.43. The summed E-state index contributed by atoms with van der Waals surface area (Å²) in [5.74, 6) is 0. The predicted octanol–water partition coefficient (Wildman–Crippen LogP) is 3.75. The van der Waals surface area contributed by atoms with E-state index < -0.39 is 0 Å². The molecule has 0 rings (SSSR count). The third-order valence-electron chi connectivity index (χ3n) is 3.11. The third kappa shape index (κ3) is 13.6. The van der Waals surface area contributed by atoms with Gasteiger partial charge in [-0.3, -0.25) is 0 Å². The molecule has 0 aromatic carbocycles. The van der Waals surface area contributed by atoms with E-state index in [1.165, 1.54) is 57.8 Å².